The highest BCUT2D eigenvalue weighted by Crippen LogP contribution is 2.49. The van der Waals surface area contributed by atoms with Crippen molar-refractivity contribution in [3.63, 3.8) is 0 Å². The first-order valence-corrected chi connectivity index (χ1v) is 6.54. The monoisotopic (exact) mass is 280 g/mol. The van der Waals surface area contributed by atoms with E-state index < -0.39 is 0 Å². The maximum Gasteiger partial charge on any atom is 0.0471 e. The molecule has 0 atom stereocenters. The molecule has 70 valence electrons. The van der Waals surface area contributed by atoms with E-state index in [1.165, 1.54) is 36.5 Å². The first kappa shape index (κ1) is 9.25. The van der Waals surface area contributed by atoms with Crippen LogP contribution in [0.1, 0.15) is 32.1 Å². The molecule has 1 heterocycles. The highest BCUT2D eigenvalue weighted by Gasteiger charge is 2.41. The minimum absolute atomic E-state index is 0.678. The van der Waals surface area contributed by atoms with Crippen LogP contribution in [-0.2, 0) is 4.74 Å². The molecule has 1 nitrogen and oxygen atoms in total. The molecule has 2 heteroatoms. The zero-order chi connectivity index (χ0) is 8.44. The van der Waals surface area contributed by atoms with Crippen LogP contribution in [0, 0.1) is 11.3 Å². The third-order valence-corrected chi connectivity index (χ3v) is 5.25. The molecular formula is C10H17IO. The molecule has 1 saturated heterocycles. The van der Waals surface area contributed by atoms with E-state index in [-0.39, 0.29) is 0 Å². The van der Waals surface area contributed by atoms with Gasteiger partial charge in [0.2, 0.25) is 0 Å². The molecule has 1 aliphatic heterocycles. The zero-order valence-electron chi connectivity index (χ0n) is 7.52. The van der Waals surface area contributed by atoms with E-state index in [0.717, 1.165) is 19.1 Å². The molecule has 0 bridgehead atoms. The van der Waals surface area contributed by atoms with E-state index in [9.17, 15) is 0 Å². The Balaban J connectivity index is 2.00. The standard InChI is InChI=1S/C10H17IO/c11-8-10(9-2-1-3-9)4-6-12-7-5-10/h9H,1-8H2. The van der Waals surface area contributed by atoms with Gasteiger partial charge in [0.25, 0.3) is 0 Å². The molecule has 2 aliphatic rings. The summed E-state index contributed by atoms with van der Waals surface area (Å²) in [4.78, 5) is 0. The van der Waals surface area contributed by atoms with Gasteiger partial charge in [-0.15, -0.1) is 0 Å². The van der Waals surface area contributed by atoms with Gasteiger partial charge in [-0.05, 0) is 37.0 Å². The molecule has 1 saturated carbocycles. The predicted octanol–water partition coefficient (Wildman–Crippen LogP) is 3.02. The Morgan fingerprint density at radius 3 is 2.33 bits per heavy atom. The Hall–Kier alpha value is 0.690. The molecule has 0 radical (unpaired) electrons. The molecule has 0 amide bonds. The summed E-state index contributed by atoms with van der Waals surface area (Å²) in [7, 11) is 0. The fourth-order valence-electron chi connectivity index (χ4n) is 2.45. The average molecular weight is 280 g/mol. The summed E-state index contributed by atoms with van der Waals surface area (Å²) in [5.41, 5.74) is 0.678. The van der Waals surface area contributed by atoms with Crippen LogP contribution >= 0.6 is 22.6 Å². The SMILES string of the molecule is ICC1(C2CCC2)CCOCC1. The van der Waals surface area contributed by atoms with Crippen LogP contribution < -0.4 is 0 Å². The number of rotatable bonds is 2. The van der Waals surface area contributed by atoms with Crippen molar-refractivity contribution in [3.8, 4) is 0 Å². The fraction of sp³-hybridized carbons (Fsp3) is 1.00. The fourth-order valence-corrected chi connectivity index (χ4v) is 3.84. The van der Waals surface area contributed by atoms with E-state index >= 15 is 0 Å². The number of ether oxygens (including phenoxy) is 1. The Kier molecular flexibility index (Phi) is 2.95. The first-order valence-electron chi connectivity index (χ1n) is 5.01. The predicted molar refractivity (Wildman–Crippen MR) is 58.7 cm³/mol. The Morgan fingerprint density at radius 2 is 1.92 bits per heavy atom. The number of alkyl halides is 1. The molecule has 0 aromatic carbocycles. The van der Waals surface area contributed by atoms with Crippen molar-refractivity contribution < 1.29 is 4.74 Å². The van der Waals surface area contributed by atoms with Gasteiger partial charge in [-0.25, -0.2) is 0 Å². The lowest BCUT2D eigenvalue weighted by Gasteiger charge is -2.46. The summed E-state index contributed by atoms with van der Waals surface area (Å²) in [6, 6.07) is 0. The van der Waals surface area contributed by atoms with Crippen LogP contribution in [0.5, 0.6) is 0 Å². The van der Waals surface area contributed by atoms with E-state index in [1.54, 1.807) is 0 Å². The van der Waals surface area contributed by atoms with E-state index in [2.05, 4.69) is 22.6 Å². The van der Waals surface area contributed by atoms with Gasteiger partial charge in [0.05, 0.1) is 0 Å². The highest BCUT2D eigenvalue weighted by atomic mass is 127. The normalized spacial score (nSPS) is 29.8. The number of halogens is 1. The third kappa shape index (κ3) is 1.52. The van der Waals surface area contributed by atoms with Crippen LogP contribution in [0.2, 0.25) is 0 Å². The lowest BCUT2D eigenvalue weighted by atomic mass is 9.63. The van der Waals surface area contributed by atoms with Gasteiger partial charge < -0.3 is 4.74 Å². The first-order chi connectivity index (χ1) is 5.87. The van der Waals surface area contributed by atoms with E-state index in [4.69, 9.17) is 4.74 Å². The molecule has 0 aromatic heterocycles. The summed E-state index contributed by atoms with van der Waals surface area (Å²) in [5.74, 6) is 1.04. The maximum absolute atomic E-state index is 5.44. The van der Waals surface area contributed by atoms with Crippen molar-refractivity contribution in [2.45, 2.75) is 32.1 Å². The van der Waals surface area contributed by atoms with Crippen LogP contribution in [-0.4, -0.2) is 17.6 Å². The van der Waals surface area contributed by atoms with Crippen molar-refractivity contribution >= 4 is 22.6 Å². The summed E-state index contributed by atoms with van der Waals surface area (Å²) in [6.45, 7) is 2.03. The van der Waals surface area contributed by atoms with Crippen molar-refractivity contribution in [2.75, 3.05) is 17.6 Å². The lowest BCUT2D eigenvalue weighted by Crippen LogP contribution is -2.41. The number of hydrogen-bond acceptors (Lipinski definition) is 1. The van der Waals surface area contributed by atoms with Gasteiger partial charge in [-0.1, -0.05) is 29.0 Å². The molecule has 1 aliphatic carbocycles. The molecule has 2 rings (SSSR count). The van der Waals surface area contributed by atoms with Crippen LogP contribution in [0.25, 0.3) is 0 Å². The smallest absolute Gasteiger partial charge is 0.0471 e. The molecule has 0 aromatic rings. The van der Waals surface area contributed by atoms with E-state index in [1.807, 2.05) is 0 Å². The van der Waals surface area contributed by atoms with Gasteiger partial charge in [0, 0.05) is 17.6 Å². The Morgan fingerprint density at radius 1 is 1.25 bits per heavy atom. The second-order valence-electron chi connectivity index (χ2n) is 4.24. The highest BCUT2D eigenvalue weighted by molar-refractivity contribution is 14.1. The summed E-state index contributed by atoms with van der Waals surface area (Å²) in [5, 5.41) is 0. The molecular weight excluding hydrogens is 263 g/mol. The minimum Gasteiger partial charge on any atom is -0.381 e. The molecule has 0 spiro atoms. The molecule has 0 N–H and O–H groups in total. The van der Waals surface area contributed by atoms with Gasteiger partial charge >= 0.3 is 0 Å². The molecule has 0 unspecified atom stereocenters. The van der Waals surface area contributed by atoms with E-state index in [0.29, 0.717) is 5.41 Å². The van der Waals surface area contributed by atoms with Crippen molar-refractivity contribution in [2.24, 2.45) is 11.3 Å². The zero-order valence-corrected chi connectivity index (χ0v) is 9.68. The Bertz CT molecular complexity index is 148. The second kappa shape index (κ2) is 3.82. The minimum atomic E-state index is 0.678. The summed E-state index contributed by atoms with van der Waals surface area (Å²) < 4.78 is 6.79. The number of hydrogen-bond donors (Lipinski definition) is 0. The van der Waals surface area contributed by atoms with Crippen molar-refractivity contribution in [1.29, 1.82) is 0 Å². The largest absolute Gasteiger partial charge is 0.381 e. The van der Waals surface area contributed by atoms with Gasteiger partial charge in [-0.3, -0.25) is 0 Å². The topological polar surface area (TPSA) is 9.23 Å². The second-order valence-corrected chi connectivity index (χ2v) is 5.00. The van der Waals surface area contributed by atoms with Crippen molar-refractivity contribution in [1.82, 2.24) is 0 Å². The quantitative estimate of drug-likeness (QED) is 0.558. The van der Waals surface area contributed by atoms with Crippen LogP contribution in [0.15, 0.2) is 0 Å². The maximum atomic E-state index is 5.44. The van der Waals surface area contributed by atoms with Crippen LogP contribution in [0.3, 0.4) is 0 Å². The van der Waals surface area contributed by atoms with Crippen LogP contribution in [0.4, 0.5) is 0 Å². The Labute approximate surface area is 88.4 Å². The van der Waals surface area contributed by atoms with Gasteiger partial charge in [0.1, 0.15) is 0 Å². The average Bonchev–Trinajstić information content (AvgIpc) is 2.03. The summed E-state index contributed by atoms with van der Waals surface area (Å²) >= 11 is 2.58. The third-order valence-electron chi connectivity index (χ3n) is 3.73. The molecule has 2 fully saturated rings. The summed E-state index contributed by atoms with van der Waals surface area (Å²) in [6.07, 6.45) is 7.09. The van der Waals surface area contributed by atoms with Crippen molar-refractivity contribution in [3.05, 3.63) is 0 Å². The van der Waals surface area contributed by atoms with Gasteiger partial charge in [-0.2, -0.15) is 0 Å². The van der Waals surface area contributed by atoms with Gasteiger partial charge in [0.15, 0.2) is 0 Å². The molecule has 12 heavy (non-hydrogen) atoms. The lowest BCUT2D eigenvalue weighted by molar-refractivity contribution is -0.0250.